The van der Waals surface area contributed by atoms with E-state index in [0.29, 0.717) is 5.88 Å². The molecule has 0 N–H and O–H groups in total. The number of ether oxygens (including phenoxy) is 1. The van der Waals surface area contributed by atoms with E-state index >= 15 is 0 Å². The highest BCUT2D eigenvalue weighted by atomic mass is 16.5. The summed E-state index contributed by atoms with van der Waals surface area (Å²) in [5.41, 5.74) is 3.32. The van der Waals surface area contributed by atoms with Gasteiger partial charge in [0.05, 0.1) is 18.0 Å². The van der Waals surface area contributed by atoms with Crippen LogP contribution in [-0.4, -0.2) is 48.2 Å². The number of benzene rings is 1. The van der Waals surface area contributed by atoms with Crippen LogP contribution in [0.25, 0.3) is 10.9 Å². The smallest absolute Gasteiger partial charge is 0.224 e. The fraction of sp³-hybridized carbons (Fsp3) is 0.278. The maximum atomic E-state index is 5.36. The second-order valence-corrected chi connectivity index (χ2v) is 5.76. The molecule has 24 heavy (non-hydrogen) atoms. The van der Waals surface area contributed by atoms with E-state index in [1.54, 1.807) is 7.11 Å². The Morgan fingerprint density at radius 2 is 1.58 bits per heavy atom. The second kappa shape index (κ2) is 6.31. The van der Waals surface area contributed by atoms with E-state index in [4.69, 9.17) is 4.74 Å². The van der Waals surface area contributed by atoms with Crippen molar-refractivity contribution in [2.45, 2.75) is 0 Å². The van der Waals surface area contributed by atoms with Gasteiger partial charge in [-0.05, 0) is 30.3 Å². The predicted octanol–water partition coefficient (Wildman–Crippen LogP) is 2.36. The molecule has 0 bridgehead atoms. The molecular weight excluding hydrogens is 302 g/mol. The van der Waals surface area contributed by atoms with Crippen molar-refractivity contribution in [3.05, 3.63) is 49.1 Å². The molecule has 1 fully saturated rings. The van der Waals surface area contributed by atoms with Crippen molar-refractivity contribution >= 4 is 22.3 Å². The molecule has 1 aliphatic heterocycles. The number of pyridine rings is 1. The number of anilines is 2. The van der Waals surface area contributed by atoms with Crippen molar-refractivity contribution < 1.29 is 4.74 Å². The molecule has 3 aromatic rings. The molecular formula is C18H19N5O. The van der Waals surface area contributed by atoms with Gasteiger partial charge in [-0.3, -0.25) is 4.98 Å². The molecule has 1 aliphatic rings. The minimum absolute atomic E-state index is 0.622. The summed E-state index contributed by atoms with van der Waals surface area (Å²) >= 11 is 0. The van der Waals surface area contributed by atoms with Gasteiger partial charge in [0, 0.05) is 49.9 Å². The number of rotatable bonds is 3. The summed E-state index contributed by atoms with van der Waals surface area (Å²) < 4.78 is 5.36. The van der Waals surface area contributed by atoms with Gasteiger partial charge in [0.25, 0.3) is 0 Å². The fourth-order valence-corrected chi connectivity index (χ4v) is 3.16. The van der Waals surface area contributed by atoms with Gasteiger partial charge in [0.2, 0.25) is 5.88 Å². The average Bonchev–Trinajstić information content (AvgIpc) is 2.68. The molecule has 1 aromatic carbocycles. The van der Waals surface area contributed by atoms with Gasteiger partial charge >= 0.3 is 0 Å². The summed E-state index contributed by atoms with van der Waals surface area (Å²) in [4.78, 5) is 17.4. The highest BCUT2D eigenvalue weighted by molar-refractivity contribution is 5.86. The SMILES string of the molecule is COc1ncnc2ccc(N3CCN(c4ccncc4)CC3)cc12. The van der Waals surface area contributed by atoms with Gasteiger partial charge in [0.1, 0.15) is 6.33 Å². The fourth-order valence-electron chi connectivity index (χ4n) is 3.16. The Kier molecular flexibility index (Phi) is 3.86. The second-order valence-electron chi connectivity index (χ2n) is 5.76. The van der Waals surface area contributed by atoms with Gasteiger partial charge in [-0.2, -0.15) is 0 Å². The highest BCUT2D eigenvalue weighted by Gasteiger charge is 2.18. The van der Waals surface area contributed by atoms with E-state index in [1.165, 1.54) is 17.7 Å². The van der Waals surface area contributed by atoms with Crippen LogP contribution in [-0.2, 0) is 0 Å². The van der Waals surface area contributed by atoms with Crippen LogP contribution in [0.1, 0.15) is 0 Å². The van der Waals surface area contributed by atoms with Crippen LogP contribution in [0, 0.1) is 0 Å². The van der Waals surface area contributed by atoms with Crippen LogP contribution >= 0.6 is 0 Å². The van der Waals surface area contributed by atoms with Crippen molar-refractivity contribution in [1.82, 2.24) is 15.0 Å². The van der Waals surface area contributed by atoms with Crippen molar-refractivity contribution in [3.63, 3.8) is 0 Å². The van der Waals surface area contributed by atoms with Crippen LogP contribution in [0.2, 0.25) is 0 Å². The molecule has 0 atom stereocenters. The monoisotopic (exact) mass is 321 g/mol. The number of hydrogen-bond acceptors (Lipinski definition) is 6. The van der Waals surface area contributed by atoms with Gasteiger partial charge in [-0.1, -0.05) is 0 Å². The average molecular weight is 321 g/mol. The number of fused-ring (bicyclic) bond motifs is 1. The lowest BCUT2D eigenvalue weighted by Gasteiger charge is -2.37. The molecule has 0 spiro atoms. The van der Waals surface area contributed by atoms with E-state index in [2.05, 4.69) is 49.0 Å². The Labute approximate surface area is 140 Å². The Morgan fingerprint density at radius 3 is 2.29 bits per heavy atom. The van der Waals surface area contributed by atoms with Crippen molar-refractivity contribution in [1.29, 1.82) is 0 Å². The van der Waals surface area contributed by atoms with E-state index in [-0.39, 0.29) is 0 Å². The number of piperazine rings is 1. The normalized spacial score (nSPS) is 14.9. The summed E-state index contributed by atoms with van der Waals surface area (Å²) in [5, 5.41) is 0.953. The maximum Gasteiger partial charge on any atom is 0.224 e. The van der Waals surface area contributed by atoms with E-state index < -0.39 is 0 Å². The first-order valence-electron chi connectivity index (χ1n) is 8.04. The maximum absolute atomic E-state index is 5.36. The largest absolute Gasteiger partial charge is 0.480 e. The molecule has 3 heterocycles. The van der Waals surface area contributed by atoms with Crippen LogP contribution < -0.4 is 14.5 Å². The first kappa shape index (κ1) is 14.7. The van der Waals surface area contributed by atoms with E-state index in [0.717, 1.165) is 37.1 Å². The molecule has 122 valence electrons. The first-order valence-corrected chi connectivity index (χ1v) is 8.04. The highest BCUT2D eigenvalue weighted by Crippen LogP contribution is 2.27. The van der Waals surface area contributed by atoms with Gasteiger partial charge in [-0.25, -0.2) is 9.97 Å². The molecule has 4 rings (SSSR count). The minimum atomic E-state index is 0.622. The Hall–Kier alpha value is -2.89. The zero-order chi connectivity index (χ0) is 16.4. The standard InChI is InChI=1S/C18H19N5O/c1-24-18-16-12-15(2-3-17(16)20-13-21-18)23-10-8-22(9-11-23)14-4-6-19-7-5-14/h2-7,12-13H,8-11H2,1H3. The zero-order valence-corrected chi connectivity index (χ0v) is 13.6. The lowest BCUT2D eigenvalue weighted by atomic mass is 10.2. The Bertz CT molecular complexity index is 831. The van der Waals surface area contributed by atoms with Crippen molar-refractivity contribution in [2.24, 2.45) is 0 Å². The summed E-state index contributed by atoms with van der Waals surface area (Å²) in [7, 11) is 1.64. The Balaban J connectivity index is 1.54. The Morgan fingerprint density at radius 1 is 0.875 bits per heavy atom. The molecule has 0 saturated carbocycles. The topological polar surface area (TPSA) is 54.4 Å². The van der Waals surface area contributed by atoms with Gasteiger partial charge in [0.15, 0.2) is 0 Å². The number of nitrogens with zero attached hydrogens (tertiary/aromatic N) is 5. The third-order valence-corrected chi connectivity index (χ3v) is 4.45. The molecule has 6 nitrogen and oxygen atoms in total. The third kappa shape index (κ3) is 2.71. The van der Waals surface area contributed by atoms with Gasteiger partial charge < -0.3 is 14.5 Å². The minimum Gasteiger partial charge on any atom is -0.480 e. The molecule has 6 heteroatoms. The quantitative estimate of drug-likeness (QED) is 0.738. The summed E-state index contributed by atoms with van der Waals surface area (Å²) in [6.07, 6.45) is 5.23. The molecule has 0 aliphatic carbocycles. The lowest BCUT2D eigenvalue weighted by Crippen LogP contribution is -2.46. The van der Waals surface area contributed by atoms with Crippen LogP contribution in [0.3, 0.4) is 0 Å². The zero-order valence-electron chi connectivity index (χ0n) is 13.6. The first-order chi connectivity index (χ1) is 11.8. The third-order valence-electron chi connectivity index (χ3n) is 4.45. The van der Waals surface area contributed by atoms with E-state index in [9.17, 15) is 0 Å². The predicted molar refractivity (Wildman–Crippen MR) is 94.8 cm³/mol. The number of hydrogen-bond donors (Lipinski definition) is 0. The van der Waals surface area contributed by atoms with E-state index in [1.807, 2.05) is 18.5 Å². The molecule has 0 amide bonds. The van der Waals surface area contributed by atoms with Crippen molar-refractivity contribution in [2.75, 3.05) is 43.1 Å². The summed E-state index contributed by atoms with van der Waals surface area (Å²) in [6.45, 7) is 3.93. The van der Waals surface area contributed by atoms with Crippen LogP contribution in [0.15, 0.2) is 49.1 Å². The molecule has 0 radical (unpaired) electrons. The number of aromatic nitrogens is 3. The molecule has 2 aromatic heterocycles. The summed E-state index contributed by atoms with van der Waals surface area (Å²) in [5.74, 6) is 0.622. The van der Waals surface area contributed by atoms with Crippen LogP contribution in [0.4, 0.5) is 11.4 Å². The van der Waals surface area contributed by atoms with Crippen molar-refractivity contribution in [3.8, 4) is 5.88 Å². The lowest BCUT2D eigenvalue weighted by molar-refractivity contribution is 0.402. The van der Waals surface area contributed by atoms with Crippen LogP contribution in [0.5, 0.6) is 5.88 Å². The van der Waals surface area contributed by atoms with Gasteiger partial charge in [-0.15, -0.1) is 0 Å². The molecule has 0 unspecified atom stereocenters. The number of methoxy groups -OCH3 is 1. The summed E-state index contributed by atoms with van der Waals surface area (Å²) in [6, 6.07) is 10.4. The molecule has 1 saturated heterocycles.